The quantitative estimate of drug-likeness (QED) is 0.379. The molecule has 10 heteroatoms. The van der Waals surface area contributed by atoms with Crippen molar-refractivity contribution in [1.29, 1.82) is 0 Å². The first kappa shape index (κ1) is 20.6. The molecule has 5 rings (SSSR count). The monoisotopic (exact) mass is 443 g/mol. The molecule has 0 radical (unpaired) electrons. The van der Waals surface area contributed by atoms with E-state index in [1.165, 1.54) is 15.9 Å². The zero-order chi connectivity index (χ0) is 22.9. The minimum atomic E-state index is -0.644. The number of benzene rings is 1. The van der Waals surface area contributed by atoms with Crippen molar-refractivity contribution in [2.24, 2.45) is 0 Å². The lowest BCUT2D eigenvalue weighted by Crippen LogP contribution is -2.56. The second kappa shape index (κ2) is 8.30. The van der Waals surface area contributed by atoms with E-state index in [0.717, 1.165) is 0 Å². The molecule has 4 heterocycles. The number of nitrogens with zero attached hydrogens (tertiary/aromatic N) is 6. The van der Waals surface area contributed by atoms with Gasteiger partial charge in [0.05, 0.1) is 23.5 Å². The summed E-state index contributed by atoms with van der Waals surface area (Å²) in [6, 6.07) is 10.5. The first-order valence-electron chi connectivity index (χ1n) is 10.6. The zero-order valence-electron chi connectivity index (χ0n) is 17.9. The smallest absolute Gasteiger partial charge is 0.295 e. The topological polar surface area (TPSA) is 117 Å². The van der Waals surface area contributed by atoms with E-state index < -0.39 is 11.7 Å². The third-order valence-electron chi connectivity index (χ3n) is 5.81. The number of fused-ring (bicyclic) bond motifs is 1. The number of aromatic nitrogens is 5. The lowest BCUT2D eigenvalue weighted by molar-refractivity contribution is -0.128. The number of piperazine rings is 1. The molecule has 0 bridgehead atoms. The molecule has 0 spiro atoms. The van der Waals surface area contributed by atoms with E-state index in [9.17, 15) is 14.4 Å². The highest BCUT2D eigenvalue weighted by atomic mass is 16.2. The van der Waals surface area contributed by atoms with Gasteiger partial charge in [-0.2, -0.15) is 10.2 Å². The fourth-order valence-electron chi connectivity index (χ4n) is 4.14. The average molecular weight is 443 g/mol. The van der Waals surface area contributed by atoms with Crippen LogP contribution in [0.3, 0.4) is 0 Å². The highest BCUT2D eigenvalue weighted by Crippen LogP contribution is 2.23. The van der Waals surface area contributed by atoms with Gasteiger partial charge in [0.1, 0.15) is 11.2 Å². The Bertz CT molecular complexity index is 1330. The van der Waals surface area contributed by atoms with E-state index in [1.807, 2.05) is 25.1 Å². The number of nitrogens with one attached hydrogen (secondary N) is 1. The van der Waals surface area contributed by atoms with E-state index >= 15 is 0 Å². The average Bonchev–Trinajstić information content (AvgIpc) is 3.53. The molecule has 3 aromatic heterocycles. The number of aromatic amines is 1. The number of ketones is 1. The SMILES string of the molecule is C[C@@H]1CN(C(=O)C(=O)c2c[nH]c3c(-n4nccn4)ccnc23)CCN1C(=O)c1ccccc1. The summed E-state index contributed by atoms with van der Waals surface area (Å²) < 4.78 is 0. The van der Waals surface area contributed by atoms with Gasteiger partial charge in [-0.25, -0.2) is 0 Å². The molecule has 33 heavy (non-hydrogen) atoms. The number of hydrogen-bond donors (Lipinski definition) is 1. The van der Waals surface area contributed by atoms with E-state index in [2.05, 4.69) is 20.2 Å². The summed E-state index contributed by atoms with van der Waals surface area (Å²) in [6.07, 6.45) is 6.14. The normalized spacial score (nSPS) is 16.2. The summed E-state index contributed by atoms with van der Waals surface area (Å²) in [6.45, 7) is 2.80. The molecule has 10 nitrogen and oxygen atoms in total. The van der Waals surface area contributed by atoms with Gasteiger partial charge >= 0.3 is 0 Å². The Morgan fingerprint density at radius 2 is 1.76 bits per heavy atom. The van der Waals surface area contributed by atoms with Crippen molar-refractivity contribution >= 4 is 28.6 Å². The van der Waals surface area contributed by atoms with E-state index in [1.54, 1.807) is 41.7 Å². The zero-order valence-corrected chi connectivity index (χ0v) is 17.9. The summed E-state index contributed by atoms with van der Waals surface area (Å²) in [4.78, 5) is 50.9. The van der Waals surface area contributed by atoms with Crippen molar-refractivity contribution < 1.29 is 14.4 Å². The van der Waals surface area contributed by atoms with Gasteiger partial charge in [-0.1, -0.05) is 18.2 Å². The standard InChI is InChI=1S/C23H21N7O3/c1-15-14-28(11-12-29(15)22(32)16-5-3-2-4-6-16)23(33)21(31)17-13-25-20-18(7-8-24-19(17)20)30-26-9-10-27-30/h2-10,13,15,25H,11-12,14H2,1H3/t15-/m1/s1. The van der Waals surface area contributed by atoms with Crippen LogP contribution in [0.25, 0.3) is 16.7 Å². The van der Waals surface area contributed by atoms with Gasteiger partial charge < -0.3 is 14.8 Å². The van der Waals surface area contributed by atoms with E-state index in [4.69, 9.17) is 0 Å². The van der Waals surface area contributed by atoms with Gasteiger partial charge in [0.2, 0.25) is 0 Å². The molecule has 1 atom stereocenters. The third-order valence-corrected chi connectivity index (χ3v) is 5.81. The Hall–Kier alpha value is -4.34. The second-order valence-corrected chi connectivity index (χ2v) is 7.87. The highest BCUT2D eigenvalue weighted by Gasteiger charge is 2.34. The summed E-state index contributed by atoms with van der Waals surface area (Å²) in [5.74, 6) is -1.34. The summed E-state index contributed by atoms with van der Waals surface area (Å²) >= 11 is 0. The van der Waals surface area contributed by atoms with Crippen LogP contribution in [0, 0.1) is 0 Å². The van der Waals surface area contributed by atoms with E-state index in [-0.39, 0.29) is 30.6 Å². The van der Waals surface area contributed by atoms with Crippen molar-refractivity contribution in [3.63, 3.8) is 0 Å². The predicted octanol–water partition coefficient (Wildman–Crippen LogP) is 1.70. The second-order valence-electron chi connectivity index (χ2n) is 7.87. The minimum absolute atomic E-state index is 0.0814. The predicted molar refractivity (Wildman–Crippen MR) is 119 cm³/mol. The maximum absolute atomic E-state index is 13.1. The highest BCUT2D eigenvalue weighted by molar-refractivity contribution is 6.44. The van der Waals surface area contributed by atoms with Crippen LogP contribution in [-0.2, 0) is 4.79 Å². The maximum atomic E-state index is 13.1. The fourth-order valence-corrected chi connectivity index (χ4v) is 4.14. The first-order valence-corrected chi connectivity index (χ1v) is 10.6. The molecule has 166 valence electrons. The number of carbonyl (C=O) groups excluding carboxylic acids is 3. The minimum Gasteiger partial charge on any atom is -0.357 e. The molecular formula is C23H21N7O3. The number of hydrogen-bond acceptors (Lipinski definition) is 6. The van der Waals surface area contributed by atoms with Gasteiger partial charge in [0.15, 0.2) is 0 Å². The van der Waals surface area contributed by atoms with Crippen LogP contribution in [0.2, 0.25) is 0 Å². The largest absolute Gasteiger partial charge is 0.357 e. The van der Waals surface area contributed by atoms with Crippen molar-refractivity contribution in [2.75, 3.05) is 19.6 Å². The Morgan fingerprint density at radius 1 is 1.00 bits per heavy atom. The van der Waals surface area contributed by atoms with Gasteiger partial charge in [-0.05, 0) is 25.1 Å². The molecule has 1 aromatic carbocycles. The van der Waals surface area contributed by atoms with Crippen LogP contribution in [0.4, 0.5) is 0 Å². The molecule has 0 aliphatic carbocycles. The number of amides is 2. The number of pyridine rings is 1. The number of H-pyrrole nitrogens is 1. The Kier molecular flexibility index (Phi) is 5.17. The first-order chi connectivity index (χ1) is 16.0. The van der Waals surface area contributed by atoms with Crippen LogP contribution in [-0.4, -0.2) is 78.0 Å². The summed E-state index contributed by atoms with van der Waals surface area (Å²) in [5.41, 5.74) is 2.37. The summed E-state index contributed by atoms with van der Waals surface area (Å²) in [5, 5.41) is 8.23. The van der Waals surface area contributed by atoms with Crippen molar-refractivity contribution in [2.45, 2.75) is 13.0 Å². The van der Waals surface area contributed by atoms with Crippen molar-refractivity contribution in [3.05, 3.63) is 72.3 Å². The Balaban J connectivity index is 1.34. The molecule has 1 saturated heterocycles. The van der Waals surface area contributed by atoms with E-state index in [0.29, 0.717) is 28.8 Å². The number of rotatable bonds is 4. The molecule has 0 saturated carbocycles. The lowest BCUT2D eigenvalue weighted by atomic mass is 10.1. The molecule has 1 aliphatic rings. The molecule has 2 amide bonds. The van der Waals surface area contributed by atoms with Crippen LogP contribution >= 0.6 is 0 Å². The Morgan fingerprint density at radius 3 is 2.48 bits per heavy atom. The molecule has 1 N–H and O–H groups in total. The maximum Gasteiger partial charge on any atom is 0.295 e. The molecule has 0 unspecified atom stereocenters. The van der Waals surface area contributed by atoms with Gasteiger partial charge in [0, 0.05) is 43.6 Å². The third kappa shape index (κ3) is 3.65. The van der Waals surface area contributed by atoms with Crippen molar-refractivity contribution in [1.82, 2.24) is 34.8 Å². The fraction of sp³-hybridized carbons (Fsp3) is 0.217. The Labute approximate surface area is 188 Å². The molecular weight excluding hydrogens is 422 g/mol. The number of Topliss-reactive ketones (excluding diaryl/α,β-unsaturated/α-hetero) is 1. The van der Waals surface area contributed by atoms with Gasteiger partial charge in [-0.15, -0.1) is 4.80 Å². The summed E-state index contributed by atoms with van der Waals surface area (Å²) in [7, 11) is 0. The van der Waals surface area contributed by atoms with Gasteiger partial charge in [0.25, 0.3) is 17.6 Å². The van der Waals surface area contributed by atoms with Crippen LogP contribution in [0.5, 0.6) is 0 Å². The molecule has 1 aliphatic heterocycles. The van der Waals surface area contributed by atoms with Crippen LogP contribution in [0.15, 0.2) is 61.2 Å². The molecule has 4 aromatic rings. The van der Waals surface area contributed by atoms with Crippen LogP contribution < -0.4 is 0 Å². The van der Waals surface area contributed by atoms with Crippen molar-refractivity contribution in [3.8, 4) is 5.69 Å². The van der Waals surface area contributed by atoms with Crippen LogP contribution in [0.1, 0.15) is 27.6 Å². The lowest BCUT2D eigenvalue weighted by Gasteiger charge is -2.39. The number of carbonyl (C=O) groups is 3. The molecule has 1 fully saturated rings. The van der Waals surface area contributed by atoms with Gasteiger partial charge in [-0.3, -0.25) is 19.4 Å².